The SMILES string of the molecule is Cc1nn(CCO)c(C)c1CNC(c1cccc(F)c1)C1CCCC1. The van der Waals surface area contributed by atoms with Gasteiger partial charge in [-0.2, -0.15) is 5.10 Å². The van der Waals surface area contributed by atoms with Gasteiger partial charge in [-0.05, 0) is 50.3 Å². The third-order valence-electron chi connectivity index (χ3n) is 5.42. The van der Waals surface area contributed by atoms with Crippen LogP contribution < -0.4 is 5.32 Å². The van der Waals surface area contributed by atoms with Gasteiger partial charge in [-0.25, -0.2) is 4.39 Å². The van der Waals surface area contributed by atoms with Gasteiger partial charge in [-0.15, -0.1) is 0 Å². The lowest BCUT2D eigenvalue weighted by Gasteiger charge is -2.25. The molecule has 1 atom stereocenters. The zero-order chi connectivity index (χ0) is 17.8. The zero-order valence-corrected chi connectivity index (χ0v) is 15.1. The van der Waals surface area contributed by atoms with Gasteiger partial charge in [0, 0.05) is 23.8 Å². The molecule has 0 amide bonds. The maximum absolute atomic E-state index is 13.7. The van der Waals surface area contributed by atoms with Crippen molar-refractivity contribution in [3.63, 3.8) is 0 Å². The van der Waals surface area contributed by atoms with E-state index in [4.69, 9.17) is 5.11 Å². The highest BCUT2D eigenvalue weighted by atomic mass is 19.1. The average molecular weight is 345 g/mol. The molecule has 136 valence electrons. The molecule has 1 unspecified atom stereocenters. The van der Waals surface area contributed by atoms with Crippen molar-refractivity contribution in [2.24, 2.45) is 5.92 Å². The van der Waals surface area contributed by atoms with E-state index < -0.39 is 0 Å². The average Bonchev–Trinajstić information content (AvgIpc) is 3.19. The van der Waals surface area contributed by atoms with E-state index in [0.717, 1.165) is 17.0 Å². The molecule has 3 rings (SSSR count). The maximum Gasteiger partial charge on any atom is 0.123 e. The molecule has 2 N–H and O–H groups in total. The number of halogens is 1. The first-order valence-electron chi connectivity index (χ1n) is 9.22. The molecule has 1 fully saturated rings. The second kappa shape index (κ2) is 8.11. The predicted molar refractivity (Wildman–Crippen MR) is 96.7 cm³/mol. The molecule has 1 heterocycles. The van der Waals surface area contributed by atoms with Crippen LogP contribution in [0.2, 0.25) is 0 Å². The zero-order valence-electron chi connectivity index (χ0n) is 15.1. The Balaban J connectivity index is 1.79. The summed E-state index contributed by atoms with van der Waals surface area (Å²) in [6, 6.07) is 7.14. The lowest BCUT2D eigenvalue weighted by Crippen LogP contribution is -2.27. The molecule has 2 aromatic rings. The second-order valence-electron chi connectivity index (χ2n) is 7.05. The molecule has 1 saturated carbocycles. The van der Waals surface area contributed by atoms with E-state index in [1.54, 1.807) is 12.1 Å². The number of nitrogens with zero attached hydrogens (tertiary/aromatic N) is 2. The monoisotopic (exact) mass is 345 g/mol. The summed E-state index contributed by atoms with van der Waals surface area (Å²) >= 11 is 0. The molecule has 1 aliphatic rings. The highest BCUT2D eigenvalue weighted by Crippen LogP contribution is 2.36. The summed E-state index contributed by atoms with van der Waals surface area (Å²) in [6.45, 7) is 5.36. The second-order valence-corrected chi connectivity index (χ2v) is 7.05. The molecule has 0 saturated heterocycles. The molecule has 0 bridgehead atoms. The first kappa shape index (κ1) is 18.1. The first-order chi connectivity index (χ1) is 12.1. The van der Waals surface area contributed by atoms with Gasteiger partial charge in [-0.1, -0.05) is 25.0 Å². The van der Waals surface area contributed by atoms with Crippen LogP contribution >= 0.6 is 0 Å². The largest absolute Gasteiger partial charge is 0.394 e. The van der Waals surface area contributed by atoms with Crippen molar-refractivity contribution in [3.05, 3.63) is 52.6 Å². The molecule has 0 spiro atoms. The number of nitrogens with one attached hydrogen (secondary N) is 1. The summed E-state index contributed by atoms with van der Waals surface area (Å²) in [5, 5.41) is 17.4. The quantitative estimate of drug-likeness (QED) is 0.805. The van der Waals surface area contributed by atoms with Gasteiger partial charge in [0.2, 0.25) is 0 Å². The summed E-state index contributed by atoms with van der Waals surface area (Å²) in [7, 11) is 0. The minimum absolute atomic E-state index is 0.0861. The summed E-state index contributed by atoms with van der Waals surface area (Å²) in [6.07, 6.45) is 4.89. The van der Waals surface area contributed by atoms with Crippen molar-refractivity contribution in [2.75, 3.05) is 6.61 Å². The van der Waals surface area contributed by atoms with Gasteiger partial charge >= 0.3 is 0 Å². The van der Waals surface area contributed by atoms with E-state index in [1.165, 1.54) is 37.3 Å². The Morgan fingerprint density at radius 1 is 1.32 bits per heavy atom. The topological polar surface area (TPSA) is 50.1 Å². The molecule has 0 aliphatic heterocycles. The first-order valence-corrected chi connectivity index (χ1v) is 9.22. The standard InChI is InChI=1S/C20H28FN3O/c1-14-19(15(2)24(23-14)10-11-25)13-22-20(16-6-3-4-7-16)17-8-5-9-18(21)12-17/h5,8-9,12,16,20,22,25H,3-4,6-7,10-11,13H2,1-2H3. The summed E-state index contributed by atoms with van der Waals surface area (Å²) in [4.78, 5) is 0. The van der Waals surface area contributed by atoms with E-state index in [-0.39, 0.29) is 18.5 Å². The fourth-order valence-corrected chi connectivity index (χ4v) is 4.06. The van der Waals surface area contributed by atoms with Crippen molar-refractivity contribution < 1.29 is 9.50 Å². The Morgan fingerprint density at radius 2 is 2.08 bits per heavy atom. The third-order valence-corrected chi connectivity index (χ3v) is 5.42. The Bertz CT molecular complexity index is 707. The molecular formula is C20H28FN3O. The van der Waals surface area contributed by atoms with Crippen LogP contribution in [0.4, 0.5) is 4.39 Å². The summed E-state index contributed by atoms with van der Waals surface area (Å²) < 4.78 is 15.6. The predicted octanol–water partition coefficient (Wildman–Crippen LogP) is 3.65. The van der Waals surface area contributed by atoms with Gasteiger partial charge in [-0.3, -0.25) is 4.68 Å². The highest BCUT2D eigenvalue weighted by Gasteiger charge is 2.27. The Morgan fingerprint density at radius 3 is 2.76 bits per heavy atom. The van der Waals surface area contributed by atoms with Gasteiger partial charge in [0.15, 0.2) is 0 Å². The number of aliphatic hydroxyl groups excluding tert-OH is 1. The number of benzene rings is 1. The van der Waals surface area contributed by atoms with E-state index in [2.05, 4.69) is 10.4 Å². The van der Waals surface area contributed by atoms with Crippen molar-refractivity contribution in [1.82, 2.24) is 15.1 Å². The molecule has 1 aromatic carbocycles. The fourth-order valence-electron chi connectivity index (χ4n) is 4.06. The van der Waals surface area contributed by atoms with Gasteiger partial charge < -0.3 is 10.4 Å². The Hall–Kier alpha value is -1.72. The summed E-state index contributed by atoms with van der Waals surface area (Å²) in [5.41, 5.74) is 4.28. The highest BCUT2D eigenvalue weighted by molar-refractivity contribution is 5.26. The fraction of sp³-hybridized carbons (Fsp3) is 0.550. The maximum atomic E-state index is 13.7. The minimum Gasteiger partial charge on any atom is -0.394 e. The summed E-state index contributed by atoms with van der Waals surface area (Å²) in [5.74, 6) is 0.375. The van der Waals surface area contributed by atoms with Crippen molar-refractivity contribution in [3.8, 4) is 0 Å². The lowest BCUT2D eigenvalue weighted by molar-refractivity contribution is 0.267. The van der Waals surface area contributed by atoms with E-state index >= 15 is 0 Å². The van der Waals surface area contributed by atoms with Crippen molar-refractivity contribution >= 4 is 0 Å². The van der Waals surface area contributed by atoms with Crippen LogP contribution in [-0.4, -0.2) is 21.5 Å². The van der Waals surface area contributed by atoms with Crippen LogP contribution in [0.15, 0.2) is 24.3 Å². The Kier molecular flexibility index (Phi) is 5.86. The van der Waals surface area contributed by atoms with E-state index in [9.17, 15) is 4.39 Å². The molecule has 0 radical (unpaired) electrons. The molecule has 4 nitrogen and oxygen atoms in total. The number of hydrogen-bond acceptors (Lipinski definition) is 3. The molecule has 25 heavy (non-hydrogen) atoms. The third kappa shape index (κ3) is 4.10. The van der Waals surface area contributed by atoms with Gasteiger partial charge in [0.05, 0.1) is 18.8 Å². The number of hydrogen-bond donors (Lipinski definition) is 2. The molecule has 5 heteroatoms. The molecular weight excluding hydrogens is 317 g/mol. The Labute approximate surface area is 149 Å². The van der Waals surface area contributed by atoms with Crippen LogP contribution in [0.5, 0.6) is 0 Å². The van der Waals surface area contributed by atoms with Gasteiger partial charge in [0.1, 0.15) is 5.82 Å². The minimum atomic E-state index is -0.176. The van der Waals surface area contributed by atoms with Crippen LogP contribution in [0.25, 0.3) is 0 Å². The molecule has 1 aliphatic carbocycles. The van der Waals surface area contributed by atoms with Crippen LogP contribution in [0.3, 0.4) is 0 Å². The van der Waals surface area contributed by atoms with E-state index in [1.807, 2.05) is 24.6 Å². The number of aryl methyl sites for hydroxylation is 1. The number of aliphatic hydroxyl groups is 1. The smallest absolute Gasteiger partial charge is 0.123 e. The van der Waals surface area contributed by atoms with Crippen LogP contribution in [0, 0.1) is 25.6 Å². The van der Waals surface area contributed by atoms with Crippen molar-refractivity contribution in [1.29, 1.82) is 0 Å². The molecule has 1 aromatic heterocycles. The normalized spacial score (nSPS) is 16.5. The van der Waals surface area contributed by atoms with Crippen molar-refractivity contribution in [2.45, 2.75) is 58.7 Å². The van der Waals surface area contributed by atoms with Crippen LogP contribution in [-0.2, 0) is 13.1 Å². The van der Waals surface area contributed by atoms with E-state index in [0.29, 0.717) is 19.0 Å². The number of rotatable bonds is 7. The van der Waals surface area contributed by atoms with Crippen LogP contribution in [0.1, 0.15) is 54.2 Å². The number of aromatic nitrogens is 2. The van der Waals surface area contributed by atoms with Gasteiger partial charge in [0.25, 0.3) is 0 Å². The lowest BCUT2D eigenvalue weighted by atomic mass is 9.91.